The first-order valence-corrected chi connectivity index (χ1v) is 11.2. The molecule has 31 heavy (non-hydrogen) atoms. The molecule has 0 radical (unpaired) electrons. The number of hydrogen-bond donors (Lipinski definition) is 1. The molecule has 0 aliphatic heterocycles. The van der Waals surface area contributed by atoms with Gasteiger partial charge in [0.25, 0.3) is 5.91 Å². The Bertz CT molecular complexity index is 1240. The molecule has 0 bridgehead atoms. The van der Waals surface area contributed by atoms with Gasteiger partial charge >= 0.3 is 0 Å². The number of nitrogens with zero attached hydrogens (tertiary/aromatic N) is 1. The largest absolute Gasteiger partial charge is 0.355 e. The zero-order valence-corrected chi connectivity index (χ0v) is 18.8. The van der Waals surface area contributed by atoms with Crippen molar-refractivity contribution in [2.24, 2.45) is 0 Å². The van der Waals surface area contributed by atoms with Crippen LogP contribution in [0.4, 0.5) is 5.69 Å². The average molecular weight is 449 g/mol. The highest BCUT2D eigenvalue weighted by Crippen LogP contribution is 2.31. The number of hydrogen-bond acceptors (Lipinski definition) is 4. The normalized spacial score (nSPS) is 10.8. The van der Waals surface area contributed by atoms with Gasteiger partial charge in [0.05, 0.1) is 5.69 Å². The number of aryl methyl sites for hydroxylation is 2. The average Bonchev–Trinajstić information content (AvgIpc) is 3.26. The van der Waals surface area contributed by atoms with Crippen LogP contribution in [-0.2, 0) is 5.75 Å². The smallest absolute Gasteiger partial charge is 0.277 e. The lowest BCUT2D eigenvalue weighted by atomic mass is 10.0. The Labute approximate surface area is 190 Å². The van der Waals surface area contributed by atoms with E-state index in [1.165, 1.54) is 5.56 Å². The second-order valence-corrected chi connectivity index (χ2v) is 8.70. The summed E-state index contributed by atoms with van der Waals surface area (Å²) < 4.78 is 5.42. The molecular formula is C25H21ClN2O2S. The van der Waals surface area contributed by atoms with Gasteiger partial charge in [0.1, 0.15) is 0 Å². The van der Waals surface area contributed by atoms with Crippen molar-refractivity contribution in [3.8, 4) is 11.3 Å². The van der Waals surface area contributed by atoms with Gasteiger partial charge in [0.15, 0.2) is 11.5 Å². The molecule has 1 heterocycles. The molecule has 1 N–H and O–H groups in total. The molecule has 4 aromatic rings. The molecule has 0 saturated carbocycles. The SMILES string of the molecule is Cc1ccc(-c2cc(C(=O)Nc3ccccc3SCc3cccc(Cl)c3)no2)cc1C. The summed E-state index contributed by atoms with van der Waals surface area (Å²) in [5, 5.41) is 7.63. The van der Waals surface area contributed by atoms with E-state index in [1.54, 1.807) is 17.8 Å². The van der Waals surface area contributed by atoms with Gasteiger partial charge in [-0.3, -0.25) is 4.79 Å². The van der Waals surface area contributed by atoms with Gasteiger partial charge in [0.2, 0.25) is 0 Å². The second-order valence-electron chi connectivity index (χ2n) is 7.24. The van der Waals surface area contributed by atoms with E-state index in [4.69, 9.17) is 16.1 Å². The van der Waals surface area contributed by atoms with E-state index in [-0.39, 0.29) is 11.6 Å². The van der Waals surface area contributed by atoms with Crippen molar-refractivity contribution >= 4 is 35.0 Å². The molecule has 4 rings (SSSR count). The van der Waals surface area contributed by atoms with Gasteiger partial charge in [0, 0.05) is 27.3 Å². The molecule has 1 amide bonds. The van der Waals surface area contributed by atoms with E-state index >= 15 is 0 Å². The van der Waals surface area contributed by atoms with Crippen molar-refractivity contribution in [1.82, 2.24) is 5.16 Å². The van der Waals surface area contributed by atoms with Crippen LogP contribution < -0.4 is 5.32 Å². The molecular weight excluding hydrogens is 428 g/mol. The zero-order valence-electron chi connectivity index (χ0n) is 17.2. The number of para-hydroxylation sites is 1. The predicted molar refractivity (Wildman–Crippen MR) is 127 cm³/mol. The Kier molecular flexibility index (Phi) is 6.44. The van der Waals surface area contributed by atoms with Gasteiger partial charge in [-0.25, -0.2) is 0 Å². The molecule has 0 saturated heterocycles. The fourth-order valence-electron chi connectivity index (χ4n) is 3.08. The zero-order chi connectivity index (χ0) is 21.8. The van der Waals surface area contributed by atoms with Crippen LogP contribution in [0.15, 0.2) is 82.2 Å². The molecule has 0 unspecified atom stereocenters. The van der Waals surface area contributed by atoms with Crippen LogP contribution in [0.5, 0.6) is 0 Å². The lowest BCUT2D eigenvalue weighted by Gasteiger charge is -2.10. The Morgan fingerprint density at radius 3 is 2.65 bits per heavy atom. The summed E-state index contributed by atoms with van der Waals surface area (Å²) in [6.07, 6.45) is 0. The maximum Gasteiger partial charge on any atom is 0.277 e. The number of nitrogens with one attached hydrogen (secondary N) is 1. The Morgan fingerprint density at radius 1 is 1.00 bits per heavy atom. The fourth-order valence-corrected chi connectivity index (χ4v) is 4.25. The molecule has 6 heteroatoms. The number of carbonyl (C=O) groups excluding carboxylic acids is 1. The summed E-state index contributed by atoms with van der Waals surface area (Å²) in [5.74, 6) is 1.00. The van der Waals surface area contributed by atoms with Crippen LogP contribution >= 0.6 is 23.4 Å². The maximum absolute atomic E-state index is 12.8. The van der Waals surface area contributed by atoms with Crippen molar-refractivity contribution in [2.75, 3.05) is 5.32 Å². The highest BCUT2D eigenvalue weighted by molar-refractivity contribution is 7.98. The van der Waals surface area contributed by atoms with E-state index in [1.807, 2.05) is 73.7 Å². The first-order valence-electron chi connectivity index (χ1n) is 9.81. The topological polar surface area (TPSA) is 55.1 Å². The molecule has 0 atom stereocenters. The number of benzene rings is 3. The lowest BCUT2D eigenvalue weighted by molar-refractivity contribution is 0.101. The Balaban J connectivity index is 1.48. The van der Waals surface area contributed by atoms with Crippen LogP contribution in [0.25, 0.3) is 11.3 Å². The van der Waals surface area contributed by atoms with Crippen molar-refractivity contribution in [1.29, 1.82) is 0 Å². The molecule has 0 fully saturated rings. The summed E-state index contributed by atoms with van der Waals surface area (Å²) >= 11 is 7.71. The minimum Gasteiger partial charge on any atom is -0.355 e. The number of anilines is 1. The maximum atomic E-state index is 12.8. The summed E-state index contributed by atoms with van der Waals surface area (Å²) in [6.45, 7) is 4.10. The number of carbonyl (C=O) groups is 1. The molecule has 0 aliphatic carbocycles. The quantitative estimate of drug-likeness (QED) is 0.318. The standard InChI is InChI=1S/C25H21ClN2O2S/c1-16-10-11-19(12-17(16)2)23-14-22(28-30-23)25(29)27-21-8-3-4-9-24(21)31-15-18-6-5-7-20(26)13-18/h3-14H,15H2,1-2H3,(H,27,29). The van der Waals surface area contributed by atoms with Crippen LogP contribution in [0, 0.1) is 13.8 Å². The minimum atomic E-state index is -0.311. The summed E-state index contributed by atoms with van der Waals surface area (Å²) in [6, 6.07) is 23.1. The van der Waals surface area contributed by atoms with Crippen LogP contribution in [0.2, 0.25) is 5.02 Å². The third-order valence-corrected chi connectivity index (χ3v) is 6.33. The summed E-state index contributed by atoms with van der Waals surface area (Å²) in [5.41, 5.74) is 5.34. The minimum absolute atomic E-state index is 0.239. The number of aromatic nitrogens is 1. The lowest BCUT2D eigenvalue weighted by Crippen LogP contribution is -2.12. The first kappa shape index (κ1) is 21.2. The summed E-state index contributed by atoms with van der Waals surface area (Å²) in [4.78, 5) is 13.8. The Morgan fingerprint density at radius 2 is 1.84 bits per heavy atom. The van der Waals surface area contributed by atoms with Crippen molar-refractivity contribution < 1.29 is 9.32 Å². The molecule has 4 nitrogen and oxygen atoms in total. The van der Waals surface area contributed by atoms with E-state index in [0.717, 1.165) is 33.0 Å². The first-order chi connectivity index (χ1) is 15.0. The monoisotopic (exact) mass is 448 g/mol. The molecule has 1 aromatic heterocycles. The third kappa shape index (κ3) is 5.19. The number of thioether (sulfide) groups is 1. The molecule has 156 valence electrons. The predicted octanol–water partition coefficient (Wildman–Crippen LogP) is 7.16. The Hall–Kier alpha value is -3.02. The van der Waals surface area contributed by atoms with Gasteiger partial charge in [-0.15, -0.1) is 11.8 Å². The van der Waals surface area contributed by atoms with E-state index in [9.17, 15) is 4.79 Å². The molecule has 0 spiro atoms. The van der Waals surface area contributed by atoms with Gasteiger partial charge < -0.3 is 9.84 Å². The van der Waals surface area contributed by atoms with E-state index in [2.05, 4.69) is 17.4 Å². The van der Waals surface area contributed by atoms with Gasteiger partial charge in [-0.1, -0.05) is 53.2 Å². The van der Waals surface area contributed by atoms with Crippen LogP contribution in [0.3, 0.4) is 0 Å². The highest BCUT2D eigenvalue weighted by atomic mass is 35.5. The van der Waals surface area contributed by atoms with E-state index < -0.39 is 0 Å². The van der Waals surface area contributed by atoms with Crippen molar-refractivity contribution in [2.45, 2.75) is 24.5 Å². The van der Waals surface area contributed by atoms with E-state index in [0.29, 0.717) is 10.8 Å². The molecule has 0 aliphatic rings. The second kappa shape index (κ2) is 9.41. The number of rotatable bonds is 6. The fraction of sp³-hybridized carbons (Fsp3) is 0.120. The number of halogens is 1. The van der Waals surface area contributed by atoms with Gasteiger partial charge in [-0.2, -0.15) is 0 Å². The highest BCUT2D eigenvalue weighted by Gasteiger charge is 2.16. The van der Waals surface area contributed by atoms with Crippen molar-refractivity contribution in [3.63, 3.8) is 0 Å². The van der Waals surface area contributed by atoms with Crippen molar-refractivity contribution in [3.05, 3.63) is 100 Å². The van der Waals surface area contributed by atoms with Gasteiger partial charge in [-0.05, 0) is 60.9 Å². The number of amides is 1. The van der Waals surface area contributed by atoms with Crippen LogP contribution in [0.1, 0.15) is 27.2 Å². The molecule has 3 aromatic carbocycles. The third-order valence-electron chi connectivity index (χ3n) is 4.95. The van der Waals surface area contributed by atoms with Crippen LogP contribution in [-0.4, -0.2) is 11.1 Å². The summed E-state index contributed by atoms with van der Waals surface area (Å²) in [7, 11) is 0.